The van der Waals surface area contributed by atoms with Gasteiger partial charge in [0.15, 0.2) is 0 Å². The predicted octanol–water partition coefficient (Wildman–Crippen LogP) is 2.12. The maximum atomic E-state index is 12.7. The second-order valence-electron chi connectivity index (χ2n) is 7.93. The maximum Gasteiger partial charge on any atom is 0.228 e. The third-order valence-corrected chi connectivity index (χ3v) is 6.58. The van der Waals surface area contributed by atoms with E-state index in [9.17, 15) is 9.59 Å². The van der Waals surface area contributed by atoms with Crippen molar-refractivity contribution in [3.8, 4) is 0 Å². The molecule has 1 unspecified atom stereocenters. The normalized spacial score (nSPS) is 20.0. The summed E-state index contributed by atoms with van der Waals surface area (Å²) < 4.78 is 0. The molecule has 29 heavy (non-hydrogen) atoms. The Labute approximate surface area is 177 Å². The van der Waals surface area contributed by atoms with E-state index in [1.807, 2.05) is 0 Å². The molecule has 2 aliphatic rings. The second-order valence-corrected chi connectivity index (χ2v) is 8.87. The van der Waals surface area contributed by atoms with Crippen LogP contribution in [0.4, 0.5) is 10.3 Å². The zero-order chi connectivity index (χ0) is 20.6. The van der Waals surface area contributed by atoms with E-state index in [1.165, 1.54) is 11.3 Å². The summed E-state index contributed by atoms with van der Waals surface area (Å²) in [6.45, 7) is 10.4. The second kappa shape index (κ2) is 10.9. The number of hydrogen-bond donors (Lipinski definition) is 1. The fourth-order valence-electron chi connectivity index (χ4n) is 4.11. The van der Waals surface area contributed by atoms with Gasteiger partial charge >= 0.3 is 0 Å². The van der Waals surface area contributed by atoms with E-state index in [0.29, 0.717) is 24.6 Å². The van der Waals surface area contributed by atoms with Crippen LogP contribution in [0.25, 0.3) is 0 Å². The van der Waals surface area contributed by atoms with Crippen molar-refractivity contribution in [1.82, 2.24) is 20.4 Å². The zero-order valence-corrected chi connectivity index (χ0v) is 18.5. The lowest BCUT2D eigenvalue weighted by molar-refractivity contribution is -0.125. The van der Waals surface area contributed by atoms with Crippen LogP contribution in [-0.4, -0.2) is 72.7 Å². The van der Waals surface area contributed by atoms with Gasteiger partial charge < -0.3 is 15.1 Å². The highest BCUT2D eigenvalue weighted by atomic mass is 32.1. The van der Waals surface area contributed by atoms with Gasteiger partial charge in [-0.25, -0.2) is 0 Å². The highest BCUT2D eigenvalue weighted by Gasteiger charge is 2.30. The molecule has 162 valence electrons. The lowest BCUT2D eigenvalue weighted by Crippen LogP contribution is -2.45. The van der Waals surface area contributed by atoms with Gasteiger partial charge in [0.2, 0.25) is 22.1 Å². The smallest absolute Gasteiger partial charge is 0.228 e. The number of piperidine rings is 1. The molecule has 0 bridgehead atoms. The van der Waals surface area contributed by atoms with Crippen molar-refractivity contribution in [1.29, 1.82) is 0 Å². The Morgan fingerprint density at radius 3 is 2.59 bits per heavy atom. The minimum Gasteiger partial charge on any atom is -0.355 e. The molecule has 2 saturated heterocycles. The van der Waals surface area contributed by atoms with Crippen LogP contribution in [0.1, 0.15) is 52.4 Å². The van der Waals surface area contributed by atoms with Crippen LogP contribution in [0.2, 0.25) is 0 Å². The summed E-state index contributed by atoms with van der Waals surface area (Å²) in [6.07, 6.45) is 5.62. The molecular weight excluding hydrogens is 388 g/mol. The third-order valence-electron chi connectivity index (χ3n) is 5.58. The van der Waals surface area contributed by atoms with E-state index < -0.39 is 0 Å². The number of nitrogens with one attached hydrogen (secondary N) is 1. The van der Waals surface area contributed by atoms with Crippen molar-refractivity contribution in [2.45, 2.75) is 52.4 Å². The molecule has 1 aromatic rings. The van der Waals surface area contributed by atoms with Crippen LogP contribution in [0.3, 0.4) is 0 Å². The van der Waals surface area contributed by atoms with Gasteiger partial charge in [0, 0.05) is 39.1 Å². The number of carbonyl (C=O) groups excluding carboxylic acids is 2. The summed E-state index contributed by atoms with van der Waals surface area (Å²) in [5, 5.41) is 13.2. The van der Waals surface area contributed by atoms with Crippen LogP contribution in [0.15, 0.2) is 0 Å². The topological polar surface area (TPSA) is 81.7 Å². The van der Waals surface area contributed by atoms with E-state index in [2.05, 4.69) is 39.2 Å². The maximum absolute atomic E-state index is 12.7. The summed E-state index contributed by atoms with van der Waals surface area (Å²) in [6, 6.07) is 0. The molecule has 0 radical (unpaired) electrons. The highest BCUT2D eigenvalue weighted by Crippen LogP contribution is 2.32. The lowest BCUT2D eigenvalue weighted by atomic mass is 9.97. The van der Waals surface area contributed by atoms with E-state index in [-0.39, 0.29) is 17.7 Å². The van der Waals surface area contributed by atoms with Crippen molar-refractivity contribution in [3.05, 3.63) is 0 Å². The molecule has 2 aliphatic heterocycles. The first kappa shape index (κ1) is 22.0. The highest BCUT2D eigenvalue weighted by molar-refractivity contribution is 7.19. The zero-order valence-electron chi connectivity index (χ0n) is 17.7. The van der Waals surface area contributed by atoms with Gasteiger partial charge in [0.1, 0.15) is 0 Å². The Kier molecular flexibility index (Phi) is 8.23. The van der Waals surface area contributed by atoms with Crippen LogP contribution in [0, 0.1) is 5.92 Å². The standard InChI is InChI=1S/C20H34N6O2S/c1-3-10-24(11-4-2)14-9-21-18(28)16-7-5-12-25(15-16)19-22-23-20(29-19)26-13-6-8-17(26)27/h16H,3-15H2,1-2H3,(H,21,28). The molecule has 0 spiro atoms. The molecule has 2 amide bonds. The molecule has 0 aromatic carbocycles. The molecule has 1 atom stereocenters. The Morgan fingerprint density at radius 2 is 1.90 bits per heavy atom. The minimum atomic E-state index is -0.0182. The molecule has 9 heteroatoms. The van der Waals surface area contributed by atoms with Crippen LogP contribution in [-0.2, 0) is 9.59 Å². The Balaban J connectivity index is 1.49. The summed E-state index contributed by atoms with van der Waals surface area (Å²) in [4.78, 5) is 30.9. The van der Waals surface area contributed by atoms with E-state index in [0.717, 1.165) is 70.0 Å². The SMILES string of the molecule is CCCN(CCC)CCNC(=O)C1CCCN(c2nnc(N3CCCC3=O)s2)C1. The van der Waals surface area contributed by atoms with Crippen LogP contribution in [0.5, 0.6) is 0 Å². The number of aromatic nitrogens is 2. The molecule has 8 nitrogen and oxygen atoms in total. The van der Waals surface area contributed by atoms with Crippen LogP contribution >= 0.6 is 11.3 Å². The van der Waals surface area contributed by atoms with E-state index in [1.54, 1.807) is 4.90 Å². The number of amides is 2. The summed E-state index contributed by atoms with van der Waals surface area (Å²) >= 11 is 1.46. The first-order valence-electron chi connectivity index (χ1n) is 11.0. The Bertz CT molecular complexity index is 676. The van der Waals surface area contributed by atoms with Crippen molar-refractivity contribution >= 4 is 33.4 Å². The number of carbonyl (C=O) groups is 2. The fraction of sp³-hybridized carbons (Fsp3) is 0.800. The van der Waals surface area contributed by atoms with Gasteiger partial charge in [-0.1, -0.05) is 25.2 Å². The van der Waals surface area contributed by atoms with Crippen molar-refractivity contribution in [3.63, 3.8) is 0 Å². The van der Waals surface area contributed by atoms with Gasteiger partial charge in [-0.05, 0) is 45.2 Å². The quantitative estimate of drug-likeness (QED) is 0.622. The lowest BCUT2D eigenvalue weighted by Gasteiger charge is -2.31. The molecule has 2 fully saturated rings. The summed E-state index contributed by atoms with van der Waals surface area (Å²) in [5.41, 5.74) is 0. The monoisotopic (exact) mass is 422 g/mol. The third kappa shape index (κ3) is 5.88. The fourth-order valence-corrected chi connectivity index (χ4v) is 5.03. The van der Waals surface area contributed by atoms with Gasteiger partial charge in [-0.3, -0.25) is 14.5 Å². The Morgan fingerprint density at radius 1 is 1.14 bits per heavy atom. The summed E-state index contributed by atoms with van der Waals surface area (Å²) in [5.74, 6) is 0.251. The van der Waals surface area contributed by atoms with Gasteiger partial charge in [-0.2, -0.15) is 0 Å². The minimum absolute atomic E-state index is 0.0182. The van der Waals surface area contributed by atoms with Crippen LogP contribution < -0.4 is 15.1 Å². The van der Waals surface area contributed by atoms with Crippen molar-refractivity contribution in [2.75, 3.05) is 55.6 Å². The largest absolute Gasteiger partial charge is 0.355 e. The number of rotatable bonds is 10. The predicted molar refractivity (Wildman–Crippen MR) is 116 cm³/mol. The molecule has 0 saturated carbocycles. The molecule has 0 aliphatic carbocycles. The van der Waals surface area contributed by atoms with Gasteiger partial charge in [0.25, 0.3) is 0 Å². The molecule has 3 heterocycles. The van der Waals surface area contributed by atoms with Gasteiger partial charge in [-0.15, -0.1) is 10.2 Å². The van der Waals surface area contributed by atoms with Crippen molar-refractivity contribution in [2.24, 2.45) is 5.92 Å². The molecule has 1 N–H and O–H groups in total. The average Bonchev–Trinajstić information content (AvgIpc) is 3.37. The molecular formula is C20H34N6O2S. The molecule has 3 rings (SSSR count). The van der Waals surface area contributed by atoms with E-state index in [4.69, 9.17) is 0 Å². The first-order chi connectivity index (χ1) is 14.1. The van der Waals surface area contributed by atoms with Crippen molar-refractivity contribution < 1.29 is 9.59 Å². The number of nitrogens with zero attached hydrogens (tertiary/aromatic N) is 5. The number of anilines is 2. The van der Waals surface area contributed by atoms with E-state index >= 15 is 0 Å². The average molecular weight is 423 g/mol. The first-order valence-corrected chi connectivity index (χ1v) is 11.8. The van der Waals surface area contributed by atoms with Gasteiger partial charge in [0.05, 0.1) is 5.92 Å². The summed E-state index contributed by atoms with van der Waals surface area (Å²) in [7, 11) is 0. The number of hydrogen-bond acceptors (Lipinski definition) is 7. The Hall–Kier alpha value is -1.74. The molecule has 1 aromatic heterocycles.